The molecule has 0 amide bonds. The lowest BCUT2D eigenvalue weighted by molar-refractivity contribution is 0.681. The van der Waals surface area contributed by atoms with E-state index in [9.17, 15) is 4.39 Å². The van der Waals surface area contributed by atoms with Gasteiger partial charge in [-0.05, 0) is 24.7 Å². The first-order valence-corrected chi connectivity index (χ1v) is 4.02. The van der Waals surface area contributed by atoms with Crippen molar-refractivity contribution in [3.05, 3.63) is 0 Å². The van der Waals surface area contributed by atoms with Crippen molar-refractivity contribution in [3.8, 4) is 23.9 Å². The summed E-state index contributed by atoms with van der Waals surface area (Å²) in [7, 11) is 0. The monoisotopic (exact) mass is 150 g/mol. The SMILES string of the molecule is FC#CC#CCCCC1CC1. The van der Waals surface area contributed by atoms with E-state index in [1.165, 1.54) is 25.4 Å². The maximum Gasteiger partial charge on any atom is 0.119 e. The van der Waals surface area contributed by atoms with Crippen LogP contribution in [0, 0.1) is 29.9 Å². The van der Waals surface area contributed by atoms with Crippen molar-refractivity contribution in [1.29, 1.82) is 0 Å². The molecule has 0 atom stereocenters. The first-order chi connectivity index (χ1) is 5.43. The van der Waals surface area contributed by atoms with Crippen molar-refractivity contribution in [2.75, 3.05) is 0 Å². The molecule has 0 radical (unpaired) electrons. The first kappa shape index (κ1) is 8.15. The Bertz CT molecular complexity index is 217. The number of halogens is 1. The molecule has 0 N–H and O–H groups in total. The zero-order valence-electron chi connectivity index (χ0n) is 6.49. The molecular weight excluding hydrogens is 139 g/mol. The van der Waals surface area contributed by atoms with Gasteiger partial charge in [0.2, 0.25) is 0 Å². The van der Waals surface area contributed by atoms with Gasteiger partial charge in [-0.15, -0.1) is 4.39 Å². The standard InChI is InChI=1S/C10H11F/c11-9-5-3-1-2-4-6-10-7-8-10/h10H,2,4,6-8H2. The van der Waals surface area contributed by atoms with Crippen LogP contribution in [0.2, 0.25) is 0 Å². The Morgan fingerprint density at radius 3 is 2.73 bits per heavy atom. The second-order valence-corrected chi connectivity index (χ2v) is 2.86. The van der Waals surface area contributed by atoms with Gasteiger partial charge in [-0.25, -0.2) is 0 Å². The molecule has 0 heterocycles. The van der Waals surface area contributed by atoms with Crippen LogP contribution in [0.25, 0.3) is 0 Å². The van der Waals surface area contributed by atoms with Gasteiger partial charge in [0.15, 0.2) is 0 Å². The summed E-state index contributed by atoms with van der Waals surface area (Å²) in [6, 6.07) is 0. The summed E-state index contributed by atoms with van der Waals surface area (Å²) in [5.74, 6) is 8.30. The van der Waals surface area contributed by atoms with Crippen molar-refractivity contribution < 1.29 is 4.39 Å². The predicted octanol–water partition coefficient (Wildman–Crippen LogP) is 2.50. The van der Waals surface area contributed by atoms with Crippen molar-refractivity contribution in [3.63, 3.8) is 0 Å². The molecule has 1 aliphatic carbocycles. The lowest BCUT2D eigenvalue weighted by Gasteiger charge is -1.89. The van der Waals surface area contributed by atoms with Gasteiger partial charge in [-0.2, -0.15) is 0 Å². The van der Waals surface area contributed by atoms with Crippen LogP contribution in [0.15, 0.2) is 0 Å². The lowest BCUT2D eigenvalue weighted by Crippen LogP contribution is -1.75. The smallest absolute Gasteiger partial charge is 0.119 e. The quantitative estimate of drug-likeness (QED) is 0.428. The molecule has 1 rings (SSSR count). The van der Waals surface area contributed by atoms with E-state index in [1.807, 2.05) is 0 Å². The molecule has 1 aliphatic rings. The highest BCUT2D eigenvalue weighted by Crippen LogP contribution is 2.33. The molecule has 0 nitrogen and oxygen atoms in total. The number of rotatable bonds is 3. The van der Waals surface area contributed by atoms with E-state index in [4.69, 9.17) is 0 Å². The van der Waals surface area contributed by atoms with Gasteiger partial charge < -0.3 is 0 Å². The first-order valence-electron chi connectivity index (χ1n) is 4.02. The van der Waals surface area contributed by atoms with E-state index in [2.05, 4.69) is 17.8 Å². The molecule has 58 valence electrons. The Labute approximate surface area is 67.2 Å². The van der Waals surface area contributed by atoms with E-state index in [0.717, 1.165) is 18.8 Å². The van der Waals surface area contributed by atoms with E-state index < -0.39 is 0 Å². The molecular formula is C10H11F. The van der Waals surface area contributed by atoms with Crippen molar-refractivity contribution in [2.24, 2.45) is 5.92 Å². The van der Waals surface area contributed by atoms with Gasteiger partial charge in [0.1, 0.15) is 6.17 Å². The van der Waals surface area contributed by atoms with Crippen LogP contribution < -0.4 is 0 Å². The Hall–Kier alpha value is -0.950. The van der Waals surface area contributed by atoms with E-state index >= 15 is 0 Å². The van der Waals surface area contributed by atoms with Gasteiger partial charge in [0.25, 0.3) is 0 Å². The lowest BCUT2D eigenvalue weighted by atomic mass is 10.2. The number of hydrogen-bond donors (Lipinski definition) is 0. The molecule has 11 heavy (non-hydrogen) atoms. The van der Waals surface area contributed by atoms with Crippen LogP contribution in [0.4, 0.5) is 4.39 Å². The molecule has 0 aliphatic heterocycles. The molecule has 0 aromatic rings. The molecule has 0 bridgehead atoms. The number of hydrogen-bond acceptors (Lipinski definition) is 0. The minimum absolute atomic E-state index is 0.866. The topological polar surface area (TPSA) is 0 Å². The molecule has 1 heteroatoms. The van der Waals surface area contributed by atoms with Gasteiger partial charge in [-0.1, -0.05) is 18.8 Å². The summed E-state index contributed by atoms with van der Waals surface area (Å²) in [6.45, 7) is 0. The van der Waals surface area contributed by atoms with Gasteiger partial charge >= 0.3 is 0 Å². The highest BCUT2D eigenvalue weighted by atomic mass is 19.1. The largest absolute Gasteiger partial charge is 0.143 e. The molecule has 1 saturated carbocycles. The third-order valence-electron chi connectivity index (χ3n) is 1.81. The predicted molar refractivity (Wildman–Crippen MR) is 43.2 cm³/mol. The van der Waals surface area contributed by atoms with Crippen LogP contribution in [-0.2, 0) is 0 Å². The minimum Gasteiger partial charge on any atom is -0.143 e. The highest BCUT2D eigenvalue weighted by molar-refractivity contribution is 5.23. The summed E-state index contributed by atoms with van der Waals surface area (Å²) in [5, 5.41) is 0. The zero-order chi connectivity index (χ0) is 7.94. The van der Waals surface area contributed by atoms with Crippen LogP contribution in [-0.4, -0.2) is 0 Å². The average Bonchev–Trinajstić information content (AvgIpc) is 2.80. The van der Waals surface area contributed by atoms with Crippen molar-refractivity contribution in [2.45, 2.75) is 32.1 Å². The normalized spacial score (nSPS) is 14.3. The maximum atomic E-state index is 11.2. The fraction of sp³-hybridized carbons (Fsp3) is 0.600. The summed E-state index contributed by atoms with van der Waals surface area (Å²) >= 11 is 0. The third kappa shape index (κ3) is 4.45. The van der Waals surface area contributed by atoms with Crippen molar-refractivity contribution in [1.82, 2.24) is 0 Å². The van der Waals surface area contributed by atoms with E-state index in [0.29, 0.717) is 0 Å². The Morgan fingerprint density at radius 2 is 2.09 bits per heavy atom. The second-order valence-electron chi connectivity index (χ2n) is 2.86. The molecule has 0 spiro atoms. The van der Waals surface area contributed by atoms with E-state index in [-0.39, 0.29) is 0 Å². The Kier molecular flexibility index (Phi) is 3.56. The van der Waals surface area contributed by atoms with Crippen LogP contribution in [0.5, 0.6) is 0 Å². The Morgan fingerprint density at radius 1 is 1.27 bits per heavy atom. The van der Waals surface area contributed by atoms with Gasteiger partial charge in [-0.3, -0.25) is 0 Å². The number of unbranched alkanes of at least 4 members (excludes halogenated alkanes) is 1. The summed E-state index contributed by atoms with van der Waals surface area (Å²) < 4.78 is 11.2. The fourth-order valence-electron chi connectivity index (χ4n) is 1.02. The van der Waals surface area contributed by atoms with Crippen molar-refractivity contribution >= 4 is 0 Å². The van der Waals surface area contributed by atoms with Crippen LogP contribution >= 0.6 is 0 Å². The molecule has 0 aromatic carbocycles. The van der Waals surface area contributed by atoms with Crippen LogP contribution in [0.3, 0.4) is 0 Å². The minimum atomic E-state index is 0.866. The van der Waals surface area contributed by atoms with Gasteiger partial charge in [0.05, 0.1) is 0 Å². The second kappa shape index (κ2) is 4.80. The van der Waals surface area contributed by atoms with Crippen LogP contribution in [0.1, 0.15) is 32.1 Å². The highest BCUT2D eigenvalue weighted by Gasteiger charge is 2.19. The fourth-order valence-corrected chi connectivity index (χ4v) is 1.02. The Balaban J connectivity index is 1.93. The molecule has 0 saturated heterocycles. The molecule has 1 fully saturated rings. The van der Waals surface area contributed by atoms with Gasteiger partial charge in [0, 0.05) is 12.3 Å². The molecule has 0 unspecified atom stereocenters. The molecule has 0 aromatic heterocycles. The van der Waals surface area contributed by atoms with E-state index in [1.54, 1.807) is 0 Å². The zero-order valence-corrected chi connectivity index (χ0v) is 6.49. The average molecular weight is 150 g/mol. The summed E-state index contributed by atoms with van der Waals surface area (Å²) in [6.07, 6.45) is 7.36. The maximum absolute atomic E-state index is 11.2. The summed E-state index contributed by atoms with van der Waals surface area (Å²) in [5.41, 5.74) is 0. The third-order valence-corrected chi connectivity index (χ3v) is 1.81. The summed E-state index contributed by atoms with van der Waals surface area (Å²) in [4.78, 5) is 0.